The van der Waals surface area contributed by atoms with Gasteiger partial charge in [0.25, 0.3) is 20.2 Å². The maximum atomic E-state index is 11.2. The first kappa shape index (κ1) is 25.1. The molecule has 13 nitrogen and oxygen atoms in total. The lowest BCUT2D eigenvalue weighted by Gasteiger charge is -2.05. The van der Waals surface area contributed by atoms with Gasteiger partial charge >= 0.3 is 0 Å². The summed E-state index contributed by atoms with van der Waals surface area (Å²) in [5.74, 6) is 0.532. The van der Waals surface area contributed by atoms with Crippen LogP contribution in [0.3, 0.4) is 0 Å². The molecule has 190 valence electrons. The zero-order chi connectivity index (χ0) is 26.9. The Labute approximate surface area is 215 Å². The molecule has 0 aliphatic heterocycles. The van der Waals surface area contributed by atoms with Crippen LogP contribution in [0.4, 0.5) is 0 Å². The largest absolute Gasteiger partial charge is 0.294 e. The van der Waals surface area contributed by atoms with Gasteiger partial charge in [0.05, 0.1) is 22.2 Å². The smallest absolute Gasteiger partial charge is 0.282 e. The highest BCUT2D eigenvalue weighted by Gasteiger charge is 2.13. The molecule has 0 unspecified atom stereocenters. The monoisotopic (exact) mass is 549 g/mol. The first-order valence-electron chi connectivity index (χ1n) is 10.6. The van der Waals surface area contributed by atoms with Gasteiger partial charge in [-0.05, 0) is 36.4 Å². The third kappa shape index (κ3) is 5.40. The second kappa shape index (κ2) is 9.71. The van der Waals surface area contributed by atoms with Gasteiger partial charge in [-0.15, -0.1) is 20.4 Å². The molecule has 15 heteroatoms. The molecule has 3 heterocycles. The Balaban J connectivity index is 1.35. The second-order valence-corrected chi connectivity index (χ2v) is 10.6. The average Bonchev–Trinajstić information content (AvgIpc) is 2.92. The molecule has 0 atom stereocenters. The van der Waals surface area contributed by atoms with Gasteiger partial charge in [0.1, 0.15) is 17.1 Å². The van der Waals surface area contributed by atoms with Crippen LogP contribution in [0, 0.1) is 0 Å². The van der Waals surface area contributed by atoms with Gasteiger partial charge in [0.15, 0.2) is 11.6 Å². The molecule has 0 saturated heterocycles. The molecule has 0 aliphatic rings. The minimum absolute atomic E-state index is 0.230. The van der Waals surface area contributed by atoms with E-state index in [4.69, 9.17) is 9.11 Å². The van der Waals surface area contributed by atoms with Crippen molar-refractivity contribution in [2.45, 2.75) is 9.79 Å². The number of pyridine rings is 1. The quantitative estimate of drug-likeness (QED) is 0.293. The minimum Gasteiger partial charge on any atom is -0.282 e. The molecule has 0 spiro atoms. The second-order valence-electron chi connectivity index (χ2n) is 7.76. The van der Waals surface area contributed by atoms with E-state index in [9.17, 15) is 16.8 Å². The molecule has 3 aromatic heterocycles. The van der Waals surface area contributed by atoms with E-state index in [0.29, 0.717) is 39.6 Å². The maximum Gasteiger partial charge on any atom is 0.294 e. The SMILES string of the molecule is O=S(=O)(O)c1ccc(-c2cnc(-c3ccnc(-c4ncc(-c5ccc(S(=O)(=O)O)cc5)nn4)c3)nn2)cc1. The van der Waals surface area contributed by atoms with E-state index in [0.717, 1.165) is 0 Å². The van der Waals surface area contributed by atoms with Crippen molar-refractivity contribution in [3.05, 3.63) is 79.3 Å². The Hall–Kier alpha value is -4.57. The molecule has 0 aliphatic carbocycles. The molecule has 5 rings (SSSR count). The van der Waals surface area contributed by atoms with Crippen LogP contribution in [0.15, 0.2) is 89.0 Å². The molecule has 2 aromatic carbocycles. The molecular formula is C23H15N7O6S2. The van der Waals surface area contributed by atoms with Gasteiger partial charge in [-0.25, -0.2) is 9.97 Å². The van der Waals surface area contributed by atoms with Crippen molar-refractivity contribution < 1.29 is 25.9 Å². The molecule has 0 fully saturated rings. The zero-order valence-corrected chi connectivity index (χ0v) is 20.6. The van der Waals surface area contributed by atoms with Crippen LogP contribution >= 0.6 is 0 Å². The lowest BCUT2D eigenvalue weighted by atomic mass is 10.1. The highest BCUT2D eigenvalue weighted by molar-refractivity contribution is 7.86. The van der Waals surface area contributed by atoms with E-state index in [1.807, 2.05) is 0 Å². The molecule has 0 saturated carbocycles. The Morgan fingerprint density at radius 1 is 0.500 bits per heavy atom. The molecule has 0 amide bonds. The fourth-order valence-electron chi connectivity index (χ4n) is 3.35. The zero-order valence-electron chi connectivity index (χ0n) is 19.0. The lowest BCUT2D eigenvalue weighted by molar-refractivity contribution is 0.481. The summed E-state index contributed by atoms with van der Waals surface area (Å²) in [7, 11) is -8.59. The predicted molar refractivity (Wildman–Crippen MR) is 132 cm³/mol. The first-order valence-corrected chi connectivity index (χ1v) is 13.5. The average molecular weight is 550 g/mol. The fraction of sp³-hybridized carbons (Fsp3) is 0. The molecule has 38 heavy (non-hydrogen) atoms. The summed E-state index contributed by atoms with van der Waals surface area (Å²) in [6, 6.07) is 14.3. The summed E-state index contributed by atoms with van der Waals surface area (Å²) in [5, 5.41) is 16.5. The van der Waals surface area contributed by atoms with E-state index >= 15 is 0 Å². The Bertz CT molecular complexity index is 1700. The number of rotatable bonds is 6. The van der Waals surface area contributed by atoms with Crippen molar-refractivity contribution in [3.8, 4) is 45.4 Å². The van der Waals surface area contributed by atoms with Crippen molar-refractivity contribution in [2.75, 3.05) is 0 Å². The molecular weight excluding hydrogens is 534 g/mol. The number of benzene rings is 2. The summed E-state index contributed by atoms with van der Waals surface area (Å²) in [6.45, 7) is 0. The van der Waals surface area contributed by atoms with Crippen molar-refractivity contribution >= 4 is 20.2 Å². The molecule has 0 bridgehead atoms. The number of hydrogen-bond acceptors (Lipinski definition) is 11. The summed E-state index contributed by atoms with van der Waals surface area (Å²) >= 11 is 0. The Morgan fingerprint density at radius 2 is 0.974 bits per heavy atom. The number of aromatic nitrogens is 7. The number of nitrogens with zero attached hydrogens (tertiary/aromatic N) is 7. The lowest BCUT2D eigenvalue weighted by Crippen LogP contribution is -2.00. The van der Waals surface area contributed by atoms with Gasteiger partial charge in [0, 0.05) is 22.9 Å². The summed E-state index contributed by atoms with van der Waals surface area (Å²) in [5.41, 5.74) is 2.89. The predicted octanol–water partition coefficient (Wildman–Crippen LogP) is 2.61. The van der Waals surface area contributed by atoms with Crippen molar-refractivity contribution in [3.63, 3.8) is 0 Å². The van der Waals surface area contributed by atoms with Gasteiger partial charge in [-0.2, -0.15) is 16.8 Å². The molecule has 2 N–H and O–H groups in total. The molecule has 5 aromatic rings. The number of hydrogen-bond donors (Lipinski definition) is 2. The van der Waals surface area contributed by atoms with Gasteiger partial charge in [-0.3, -0.25) is 14.1 Å². The third-order valence-electron chi connectivity index (χ3n) is 5.27. The normalized spacial score (nSPS) is 11.8. The van der Waals surface area contributed by atoms with E-state index < -0.39 is 20.2 Å². The highest BCUT2D eigenvalue weighted by atomic mass is 32.2. The van der Waals surface area contributed by atoms with E-state index in [1.54, 1.807) is 12.1 Å². The van der Waals surface area contributed by atoms with Crippen LogP contribution in [0.2, 0.25) is 0 Å². The van der Waals surface area contributed by atoms with Crippen LogP contribution in [0.5, 0.6) is 0 Å². The van der Waals surface area contributed by atoms with Crippen LogP contribution in [0.1, 0.15) is 0 Å². The highest BCUT2D eigenvalue weighted by Crippen LogP contribution is 2.23. The fourth-order valence-corrected chi connectivity index (χ4v) is 4.31. The third-order valence-corrected chi connectivity index (χ3v) is 7.00. The van der Waals surface area contributed by atoms with E-state index in [-0.39, 0.29) is 15.6 Å². The topological polar surface area (TPSA) is 199 Å². The minimum atomic E-state index is -4.30. The van der Waals surface area contributed by atoms with E-state index in [1.165, 1.54) is 67.1 Å². The van der Waals surface area contributed by atoms with Crippen LogP contribution < -0.4 is 0 Å². The summed E-state index contributed by atoms with van der Waals surface area (Å²) in [6.07, 6.45) is 4.46. The first-order chi connectivity index (χ1) is 18.1. The van der Waals surface area contributed by atoms with Crippen molar-refractivity contribution in [1.82, 2.24) is 35.3 Å². The van der Waals surface area contributed by atoms with Gasteiger partial charge < -0.3 is 0 Å². The molecule has 0 radical (unpaired) electrons. The Kier molecular flexibility index (Phi) is 6.41. The van der Waals surface area contributed by atoms with Crippen molar-refractivity contribution in [1.29, 1.82) is 0 Å². The van der Waals surface area contributed by atoms with Crippen LogP contribution in [0.25, 0.3) is 45.4 Å². The van der Waals surface area contributed by atoms with Crippen molar-refractivity contribution in [2.24, 2.45) is 0 Å². The summed E-state index contributed by atoms with van der Waals surface area (Å²) in [4.78, 5) is 12.4. The van der Waals surface area contributed by atoms with Gasteiger partial charge in [0.2, 0.25) is 0 Å². The van der Waals surface area contributed by atoms with E-state index in [2.05, 4.69) is 35.3 Å². The maximum absolute atomic E-state index is 11.2. The Morgan fingerprint density at radius 3 is 1.39 bits per heavy atom. The summed E-state index contributed by atoms with van der Waals surface area (Å²) < 4.78 is 63.0. The van der Waals surface area contributed by atoms with Crippen LogP contribution in [-0.4, -0.2) is 61.3 Å². The van der Waals surface area contributed by atoms with Crippen LogP contribution in [-0.2, 0) is 20.2 Å². The van der Waals surface area contributed by atoms with Gasteiger partial charge in [-0.1, -0.05) is 24.3 Å². The standard InChI is InChI=1S/C23H15N7O6S2/c31-37(32,33)17-5-1-14(2-6-17)20-12-25-22(29-27-20)16-9-10-24-19(11-16)23-26-13-21(28-30-23)15-3-7-18(8-4-15)38(34,35)36/h1-13H,(H,31,32,33)(H,34,35,36).